The van der Waals surface area contributed by atoms with Crippen LogP contribution >= 0.6 is 0 Å². The number of hydrogen-bond donors (Lipinski definition) is 0. The zero-order valence-electron chi connectivity index (χ0n) is 11.0. The molecule has 3 nitrogen and oxygen atoms in total. The summed E-state index contributed by atoms with van der Waals surface area (Å²) in [6.07, 6.45) is 1.67. The van der Waals surface area contributed by atoms with E-state index in [9.17, 15) is 4.79 Å². The molecule has 0 N–H and O–H groups in total. The zero-order chi connectivity index (χ0) is 14.2. The van der Waals surface area contributed by atoms with Crippen LogP contribution in [0.5, 0.6) is 0 Å². The molecule has 0 aliphatic heterocycles. The first kappa shape index (κ1) is 12.8. The van der Waals surface area contributed by atoms with Crippen molar-refractivity contribution >= 4 is 11.4 Å². The molecule has 0 unspecified atom stereocenters. The summed E-state index contributed by atoms with van der Waals surface area (Å²) < 4.78 is 0. The second kappa shape index (κ2) is 4.55. The minimum atomic E-state index is -0.105. The van der Waals surface area contributed by atoms with Crippen LogP contribution in [0.3, 0.4) is 0 Å². The van der Waals surface area contributed by atoms with Crippen molar-refractivity contribution in [1.82, 2.24) is 0 Å². The van der Waals surface area contributed by atoms with E-state index in [1.54, 1.807) is 13.0 Å². The van der Waals surface area contributed by atoms with Crippen molar-refractivity contribution in [3.8, 4) is 6.07 Å². The average molecular weight is 248 g/mol. The SMILES string of the molecule is [C-]#[N+]/C(C#N)=C1\C(=C\C)C(=O)c2cc(C)c(C)cc21. The first-order valence-corrected chi connectivity index (χ1v) is 5.90. The highest BCUT2D eigenvalue weighted by atomic mass is 16.1. The van der Waals surface area contributed by atoms with Crippen LogP contribution in [0.1, 0.15) is 34.0 Å². The number of fused-ring (bicyclic) bond motifs is 1. The molecule has 0 fully saturated rings. The van der Waals surface area contributed by atoms with Crippen molar-refractivity contribution in [3.05, 3.63) is 63.1 Å². The molecule has 0 amide bonds. The molecular formula is C16H12N2O. The zero-order valence-corrected chi connectivity index (χ0v) is 11.0. The van der Waals surface area contributed by atoms with Gasteiger partial charge in [0.25, 0.3) is 5.70 Å². The van der Waals surface area contributed by atoms with Crippen molar-refractivity contribution in [2.24, 2.45) is 0 Å². The summed E-state index contributed by atoms with van der Waals surface area (Å²) >= 11 is 0. The van der Waals surface area contributed by atoms with Crippen LogP contribution in [-0.2, 0) is 0 Å². The molecule has 1 aromatic carbocycles. The Kier molecular flexibility index (Phi) is 3.07. The molecule has 3 heteroatoms. The molecule has 0 spiro atoms. The fourth-order valence-corrected chi connectivity index (χ4v) is 2.28. The number of benzene rings is 1. The highest BCUT2D eigenvalue weighted by Crippen LogP contribution is 2.40. The number of carbonyl (C=O) groups is 1. The lowest BCUT2D eigenvalue weighted by molar-refractivity contribution is 0.104. The molecule has 0 saturated carbocycles. The molecule has 19 heavy (non-hydrogen) atoms. The summed E-state index contributed by atoms with van der Waals surface area (Å²) in [5.74, 6) is -0.105. The van der Waals surface area contributed by atoms with Gasteiger partial charge in [-0.3, -0.25) is 4.79 Å². The Morgan fingerprint density at radius 2 is 1.89 bits per heavy atom. The summed E-state index contributed by atoms with van der Waals surface area (Å²) in [7, 11) is 0. The smallest absolute Gasteiger partial charge is 0.270 e. The van der Waals surface area contributed by atoms with E-state index in [-0.39, 0.29) is 11.5 Å². The summed E-state index contributed by atoms with van der Waals surface area (Å²) in [5.41, 5.74) is 4.27. The van der Waals surface area contributed by atoms with Crippen molar-refractivity contribution in [2.75, 3.05) is 0 Å². The number of Topliss-reactive ketones (excluding diaryl/α,β-unsaturated/α-hetero) is 1. The number of rotatable bonds is 0. The van der Waals surface area contributed by atoms with E-state index >= 15 is 0 Å². The fourth-order valence-electron chi connectivity index (χ4n) is 2.28. The maximum absolute atomic E-state index is 12.3. The summed E-state index contributed by atoms with van der Waals surface area (Å²) in [6, 6.07) is 5.61. The second-order valence-corrected chi connectivity index (χ2v) is 4.46. The van der Waals surface area contributed by atoms with Gasteiger partial charge in [-0.05, 0) is 43.5 Å². The Morgan fingerprint density at radius 1 is 1.32 bits per heavy atom. The molecule has 2 rings (SSSR count). The molecule has 1 aliphatic rings. The number of aryl methyl sites for hydroxylation is 2. The Bertz CT molecular complexity index is 721. The lowest BCUT2D eigenvalue weighted by Gasteiger charge is -2.05. The van der Waals surface area contributed by atoms with Gasteiger partial charge in [-0.1, -0.05) is 12.1 Å². The summed E-state index contributed by atoms with van der Waals surface area (Å²) in [5, 5.41) is 9.08. The Balaban J connectivity index is 2.91. The molecule has 0 saturated heterocycles. The number of nitriles is 1. The highest BCUT2D eigenvalue weighted by Gasteiger charge is 2.32. The summed E-state index contributed by atoms with van der Waals surface area (Å²) in [6.45, 7) is 12.7. The van der Waals surface area contributed by atoms with Crippen molar-refractivity contribution in [2.45, 2.75) is 20.8 Å². The van der Waals surface area contributed by atoms with E-state index in [0.29, 0.717) is 22.3 Å². The van der Waals surface area contributed by atoms with Crippen molar-refractivity contribution in [3.63, 3.8) is 0 Å². The maximum Gasteiger partial charge on any atom is 0.270 e. The van der Waals surface area contributed by atoms with Crippen LogP contribution in [0.15, 0.2) is 29.5 Å². The van der Waals surface area contributed by atoms with Crippen LogP contribution in [0, 0.1) is 31.8 Å². The monoisotopic (exact) mass is 248 g/mol. The average Bonchev–Trinajstić information content (AvgIpc) is 2.65. The lowest BCUT2D eigenvalue weighted by atomic mass is 9.99. The van der Waals surface area contributed by atoms with Crippen LogP contribution in [0.4, 0.5) is 0 Å². The molecule has 1 aromatic rings. The predicted molar refractivity (Wildman–Crippen MR) is 73.1 cm³/mol. The third-order valence-corrected chi connectivity index (χ3v) is 3.40. The standard InChI is InChI=1S/C16H12N2O/c1-5-11-15(14(8-17)18-4)12-6-9(2)10(3)7-13(12)16(11)19/h5-7H,1-3H3/b11-5-,15-14+. The number of carbonyl (C=O) groups excluding carboxylic acids is 1. The molecule has 0 bridgehead atoms. The Morgan fingerprint density at radius 3 is 2.37 bits per heavy atom. The quantitative estimate of drug-likeness (QED) is 0.400. The van der Waals surface area contributed by atoms with E-state index in [0.717, 1.165) is 11.1 Å². The third kappa shape index (κ3) is 1.77. The molecule has 0 radical (unpaired) electrons. The van der Waals surface area contributed by atoms with Crippen LogP contribution in [0.2, 0.25) is 0 Å². The van der Waals surface area contributed by atoms with E-state index in [1.807, 2.05) is 32.0 Å². The van der Waals surface area contributed by atoms with Gasteiger partial charge < -0.3 is 0 Å². The van der Waals surface area contributed by atoms with Gasteiger partial charge in [0.05, 0.1) is 12.6 Å². The number of hydrogen-bond acceptors (Lipinski definition) is 2. The minimum absolute atomic E-state index is 0.0246. The van der Waals surface area contributed by atoms with Gasteiger partial charge in [0.15, 0.2) is 5.78 Å². The molecule has 92 valence electrons. The minimum Gasteiger partial charge on any atom is -0.289 e. The van der Waals surface area contributed by atoms with Gasteiger partial charge in [0.1, 0.15) is 0 Å². The van der Waals surface area contributed by atoms with Crippen LogP contribution in [-0.4, -0.2) is 5.78 Å². The van der Waals surface area contributed by atoms with Crippen molar-refractivity contribution in [1.29, 1.82) is 5.26 Å². The largest absolute Gasteiger partial charge is 0.289 e. The number of nitrogens with zero attached hydrogens (tertiary/aromatic N) is 2. The van der Waals surface area contributed by atoms with Crippen LogP contribution < -0.4 is 0 Å². The highest BCUT2D eigenvalue weighted by molar-refractivity contribution is 6.27. The fraction of sp³-hybridized carbons (Fsp3) is 0.188. The van der Waals surface area contributed by atoms with E-state index in [4.69, 9.17) is 11.8 Å². The van der Waals surface area contributed by atoms with Gasteiger partial charge in [-0.2, -0.15) is 0 Å². The van der Waals surface area contributed by atoms with Crippen molar-refractivity contribution < 1.29 is 4.79 Å². The maximum atomic E-state index is 12.3. The van der Waals surface area contributed by atoms with Gasteiger partial charge in [-0.15, -0.1) is 0 Å². The van der Waals surface area contributed by atoms with Crippen LogP contribution in [0.25, 0.3) is 10.4 Å². The van der Waals surface area contributed by atoms with E-state index in [1.165, 1.54) is 0 Å². The van der Waals surface area contributed by atoms with Gasteiger partial charge in [0.2, 0.25) is 0 Å². The Hall–Kier alpha value is -2.65. The predicted octanol–water partition coefficient (Wildman–Crippen LogP) is 3.60. The number of allylic oxidation sites excluding steroid dienone is 4. The topological polar surface area (TPSA) is 45.2 Å². The summed E-state index contributed by atoms with van der Waals surface area (Å²) in [4.78, 5) is 15.6. The molecule has 1 aliphatic carbocycles. The van der Waals surface area contributed by atoms with Gasteiger partial charge >= 0.3 is 0 Å². The number of ketones is 1. The molecular weight excluding hydrogens is 236 g/mol. The van der Waals surface area contributed by atoms with E-state index < -0.39 is 0 Å². The second-order valence-electron chi connectivity index (χ2n) is 4.46. The first-order chi connectivity index (χ1) is 9.04. The first-order valence-electron chi connectivity index (χ1n) is 5.90. The normalized spacial score (nSPS) is 17.9. The van der Waals surface area contributed by atoms with E-state index in [2.05, 4.69) is 4.85 Å². The molecule has 0 atom stereocenters. The Labute approximate surface area is 112 Å². The van der Waals surface area contributed by atoms with Gasteiger partial charge in [0, 0.05) is 16.7 Å². The lowest BCUT2D eigenvalue weighted by Crippen LogP contribution is -1.96. The van der Waals surface area contributed by atoms with Gasteiger partial charge in [-0.25, -0.2) is 10.1 Å². The third-order valence-electron chi connectivity index (χ3n) is 3.40. The molecule has 0 aromatic heterocycles. The molecule has 0 heterocycles.